The molecule has 1 aromatic heterocycles. The van der Waals surface area contributed by atoms with Crippen molar-refractivity contribution in [2.45, 2.75) is 39.9 Å². The van der Waals surface area contributed by atoms with Crippen LogP contribution in [0.1, 0.15) is 42.3 Å². The maximum atomic E-state index is 12.5. The van der Waals surface area contributed by atoms with Gasteiger partial charge in [-0.15, -0.1) is 0 Å². The van der Waals surface area contributed by atoms with Gasteiger partial charge in [0, 0.05) is 42.6 Å². The van der Waals surface area contributed by atoms with Crippen LogP contribution in [0.2, 0.25) is 0 Å². The molecule has 5 heteroatoms. The molecule has 5 nitrogen and oxygen atoms in total. The van der Waals surface area contributed by atoms with Gasteiger partial charge in [0.15, 0.2) is 0 Å². The molecule has 3 rings (SSSR count). The Bertz CT molecular complexity index is 1020. The van der Waals surface area contributed by atoms with Crippen molar-refractivity contribution in [1.82, 2.24) is 9.88 Å². The quantitative estimate of drug-likeness (QED) is 0.617. The Morgan fingerprint density at radius 1 is 0.967 bits per heavy atom. The molecule has 2 aromatic carbocycles. The summed E-state index contributed by atoms with van der Waals surface area (Å²) < 4.78 is 1.67. The molecule has 0 aliphatic carbocycles. The highest BCUT2D eigenvalue weighted by Gasteiger charge is 2.10. The Kier molecular flexibility index (Phi) is 7.07. The largest absolute Gasteiger partial charge is 0.369 e. The maximum absolute atomic E-state index is 12.5. The van der Waals surface area contributed by atoms with Gasteiger partial charge in [-0.2, -0.15) is 0 Å². The summed E-state index contributed by atoms with van der Waals surface area (Å²) >= 11 is 0. The number of pyridine rings is 1. The van der Waals surface area contributed by atoms with Gasteiger partial charge >= 0.3 is 0 Å². The van der Waals surface area contributed by atoms with E-state index in [1.807, 2.05) is 54.6 Å². The first-order chi connectivity index (χ1) is 14.5. The molecule has 0 radical (unpaired) electrons. The molecule has 0 fully saturated rings. The van der Waals surface area contributed by atoms with Crippen LogP contribution in [0.4, 0.5) is 5.69 Å². The van der Waals surface area contributed by atoms with Crippen LogP contribution >= 0.6 is 0 Å². The number of rotatable bonds is 8. The Balaban J connectivity index is 1.57. The van der Waals surface area contributed by atoms with Gasteiger partial charge < -0.3 is 14.8 Å². The van der Waals surface area contributed by atoms with E-state index < -0.39 is 0 Å². The van der Waals surface area contributed by atoms with E-state index in [2.05, 4.69) is 31.0 Å². The molecule has 1 amide bonds. The summed E-state index contributed by atoms with van der Waals surface area (Å²) in [5.74, 6) is -0.0888. The first-order valence-electron chi connectivity index (χ1n) is 10.4. The normalized spacial score (nSPS) is 10.8. The predicted molar refractivity (Wildman–Crippen MR) is 122 cm³/mol. The average molecular weight is 404 g/mol. The van der Waals surface area contributed by atoms with Gasteiger partial charge in [0.1, 0.15) is 0 Å². The zero-order valence-corrected chi connectivity index (χ0v) is 17.8. The maximum Gasteiger partial charge on any atom is 0.251 e. The van der Waals surface area contributed by atoms with E-state index in [1.165, 1.54) is 0 Å². The standard InChI is InChI=1S/C25H29N3O2/c1-4-28(19(2)3)23-14-12-22(13-15-23)25(30)26-17-20-8-10-21(11-9-20)18-27-16-6-5-7-24(27)29/h5-16,19H,4,17-18H2,1-3H3,(H,26,30). The van der Waals surface area contributed by atoms with Gasteiger partial charge in [-0.05, 0) is 62.2 Å². The number of nitrogens with one attached hydrogen (secondary N) is 1. The van der Waals surface area contributed by atoms with Crippen LogP contribution in [0, 0.1) is 0 Å². The minimum Gasteiger partial charge on any atom is -0.369 e. The highest BCUT2D eigenvalue weighted by Crippen LogP contribution is 2.17. The third kappa shape index (κ3) is 5.38. The van der Waals surface area contributed by atoms with E-state index in [1.54, 1.807) is 22.9 Å². The number of aromatic nitrogens is 1. The third-order valence-electron chi connectivity index (χ3n) is 5.15. The molecule has 30 heavy (non-hydrogen) atoms. The SMILES string of the molecule is CCN(c1ccc(C(=O)NCc2ccc(Cn3ccccc3=O)cc2)cc1)C(C)C. The van der Waals surface area contributed by atoms with Crippen molar-refractivity contribution in [3.8, 4) is 0 Å². The number of anilines is 1. The Morgan fingerprint density at radius 2 is 1.63 bits per heavy atom. The van der Waals surface area contributed by atoms with E-state index in [4.69, 9.17) is 0 Å². The number of carbonyl (C=O) groups excluding carboxylic acids is 1. The lowest BCUT2D eigenvalue weighted by molar-refractivity contribution is 0.0951. The highest BCUT2D eigenvalue weighted by molar-refractivity contribution is 5.94. The van der Waals surface area contributed by atoms with Crippen LogP contribution in [0.5, 0.6) is 0 Å². The summed E-state index contributed by atoms with van der Waals surface area (Å²) in [6.07, 6.45) is 1.78. The monoisotopic (exact) mass is 403 g/mol. The van der Waals surface area contributed by atoms with Crippen molar-refractivity contribution < 1.29 is 4.79 Å². The molecule has 0 saturated heterocycles. The number of benzene rings is 2. The lowest BCUT2D eigenvalue weighted by Crippen LogP contribution is -2.30. The smallest absolute Gasteiger partial charge is 0.251 e. The van der Waals surface area contributed by atoms with Crippen LogP contribution in [-0.4, -0.2) is 23.1 Å². The van der Waals surface area contributed by atoms with Crippen molar-refractivity contribution in [1.29, 1.82) is 0 Å². The average Bonchev–Trinajstić information content (AvgIpc) is 2.75. The molecular weight excluding hydrogens is 374 g/mol. The number of carbonyl (C=O) groups is 1. The van der Waals surface area contributed by atoms with Gasteiger partial charge in [0.2, 0.25) is 0 Å². The lowest BCUT2D eigenvalue weighted by Gasteiger charge is -2.27. The molecule has 1 heterocycles. The third-order valence-corrected chi connectivity index (χ3v) is 5.15. The van der Waals surface area contributed by atoms with Crippen LogP contribution < -0.4 is 15.8 Å². The van der Waals surface area contributed by atoms with E-state index in [9.17, 15) is 9.59 Å². The van der Waals surface area contributed by atoms with Gasteiger partial charge in [-0.25, -0.2) is 0 Å². The van der Waals surface area contributed by atoms with Gasteiger partial charge in [-0.3, -0.25) is 9.59 Å². The van der Waals surface area contributed by atoms with E-state index in [0.29, 0.717) is 24.7 Å². The molecule has 0 spiro atoms. The summed E-state index contributed by atoms with van der Waals surface area (Å²) in [6.45, 7) is 8.37. The van der Waals surface area contributed by atoms with Crippen LogP contribution in [0.3, 0.4) is 0 Å². The minimum atomic E-state index is -0.0888. The van der Waals surface area contributed by atoms with Crippen molar-refractivity contribution in [2.75, 3.05) is 11.4 Å². The van der Waals surface area contributed by atoms with Gasteiger partial charge in [0.25, 0.3) is 11.5 Å². The Morgan fingerprint density at radius 3 is 2.23 bits per heavy atom. The molecule has 0 unspecified atom stereocenters. The second-order valence-electron chi connectivity index (χ2n) is 7.59. The molecule has 1 N–H and O–H groups in total. The molecule has 0 bridgehead atoms. The van der Waals surface area contributed by atoms with Crippen molar-refractivity contribution in [3.05, 3.63) is 100.0 Å². The molecule has 156 valence electrons. The molecule has 0 atom stereocenters. The summed E-state index contributed by atoms with van der Waals surface area (Å²) in [6, 6.07) is 21.2. The second kappa shape index (κ2) is 9.92. The van der Waals surface area contributed by atoms with Crippen molar-refractivity contribution >= 4 is 11.6 Å². The summed E-state index contributed by atoms with van der Waals surface area (Å²) in [4.78, 5) is 26.6. The van der Waals surface area contributed by atoms with E-state index in [-0.39, 0.29) is 11.5 Å². The summed E-state index contributed by atoms with van der Waals surface area (Å²) in [5, 5.41) is 2.97. The summed E-state index contributed by atoms with van der Waals surface area (Å²) in [5.41, 5.74) is 3.81. The number of hydrogen-bond acceptors (Lipinski definition) is 3. The first kappa shape index (κ1) is 21.4. The van der Waals surface area contributed by atoms with E-state index in [0.717, 1.165) is 23.4 Å². The number of nitrogens with zero attached hydrogens (tertiary/aromatic N) is 2. The molecule has 0 aliphatic heterocycles. The van der Waals surface area contributed by atoms with Gasteiger partial charge in [0.05, 0.1) is 6.54 Å². The molecular formula is C25H29N3O2. The fourth-order valence-electron chi connectivity index (χ4n) is 3.49. The van der Waals surface area contributed by atoms with E-state index >= 15 is 0 Å². The zero-order chi connectivity index (χ0) is 21.5. The van der Waals surface area contributed by atoms with Crippen LogP contribution in [0.25, 0.3) is 0 Å². The number of amides is 1. The van der Waals surface area contributed by atoms with Crippen molar-refractivity contribution in [2.24, 2.45) is 0 Å². The topological polar surface area (TPSA) is 54.3 Å². The Hall–Kier alpha value is -3.34. The number of hydrogen-bond donors (Lipinski definition) is 1. The summed E-state index contributed by atoms with van der Waals surface area (Å²) in [7, 11) is 0. The Labute approximate surface area is 178 Å². The van der Waals surface area contributed by atoms with Crippen LogP contribution in [0.15, 0.2) is 77.7 Å². The fourth-order valence-corrected chi connectivity index (χ4v) is 3.49. The fraction of sp³-hybridized carbons (Fsp3) is 0.280. The molecule has 0 aliphatic rings. The highest BCUT2D eigenvalue weighted by atomic mass is 16.1. The first-order valence-corrected chi connectivity index (χ1v) is 10.4. The lowest BCUT2D eigenvalue weighted by atomic mass is 10.1. The van der Waals surface area contributed by atoms with Gasteiger partial charge in [-0.1, -0.05) is 30.3 Å². The molecule has 3 aromatic rings. The minimum absolute atomic E-state index is 0.0182. The zero-order valence-electron chi connectivity index (χ0n) is 17.8. The van der Waals surface area contributed by atoms with Crippen LogP contribution in [-0.2, 0) is 13.1 Å². The van der Waals surface area contributed by atoms with Crippen molar-refractivity contribution in [3.63, 3.8) is 0 Å². The second-order valence-corrected chi connectivity index (χ2v) is 7.59. The molecule has 0 saturated carbocycles. The predicted octanol–water partition coefficient (Wildman–Crippen LogP) is 4.06.